The van der Waals surface area contributed by atoms with Gasteiger partial charge in [0, 0.05) is 0 Å². The zero-order chi connectivity index (χ0) is 36.6. The molecule has 6 rings (SSSR count). The van der Waals surface area contributed by atoms with Crippen LogP contribution in [0.15, 0.2) is 71.9 Å². The van der Waals surface area contributed by atoms with Crippen molar-refractivity contribution in [1.82, 2.24) is 0 Å². The van der Waals surface area contributed by atoms with Gasteiger partial charge >= 0.3 is 37.9 Å². The molecule has 1 saturated carbocycles. The van der Waals surface area contributed by atoms with Crippen LogP contribution in [0.4, 0.5) is 0 Å². The summed E-state index contributed by atoms with van der Waals surface area (Å²) in [5.74, 6) is 3.13. The average Bonchev–Trinajstić information content (AvgIpc) is 3.65. The summed E-state index contributed by atoms with van der Waals surface area (Å²) in [7, 11) is 8.22. The molecule has 0 N–H and O–H groups in total. The van der Waals surface area contributed by atoms with Crippen LogP contribution in [0, 0.1) is 38.5 Å². The van der Waals surface area contributed by atoms with Crippen LogP contribution in [0.5, 0.6) is 0 Å². The molecule has 1 fully saturated rings. The normalized spacial score (nSPS) is 25.8. The SMILES string of the molecule is C=C1CC=CC=C1c1cccc2c1CC(C)[C@H]2[Si](C)(C)C1C2=C(C[C@H]1C)[C@@H]([C@@H]1CCCCC1=C)CCC2.CC.CC.CC.CC.[CH3-].[CH3-].[Cl][Zr+2][Cl]. The molecule has 50 heavy (non-hydrogen) atoms. The first-order valence-electron chi connectivity index (χ1n) is 19.7. The number of hydrogen-bond acceptors (Lipinski definition) is 0. The molecule has 0 aliphatic heterocycles. The van der Waals surface area contributed by atoms with Gasteiger partial charge in [0.05, 0.1) is 8.07 Å². The van der Waals surface area contributed by atoms with Crippen molar-refractivity contribution >= 4 is 30.7 Å². The van der Waals surface area contributed by atoms with E-state index in [1.807, 2.05) is 66.5 Å². The summed E-state index contributed by atoms with van der Waals surface area (Å²) < 4.78 is 0. The van der Waals surface area contributed by atoms with E-state index in [0.29, 0.717) is 0 Å². The van der Waals surface area contributed by atoms with Gasteiger partial charge in [0.15, 0.2) is 0 Å². The van der Waals surface area contributed by atoms with Crippen molar-refractivity contribution < 1.29 is 20.8 Å². The van der Waals surface area contributed by atoms with Crippen LogP contribution in [0.2, 0.25) is 18.6 Å². The molecule has 1 aromatic rings. The molecule has 6 atom stereocenters. The molecule has 0 saturated heterocycles. The van der Waals surface area contributed by atoms with Gasteiger partial charge in [-0.15, -0.1) is 0 Å². The van der Waals surface area contributed by atoms with Crippen molar-refractivity contribution in [3.8, 4) is 0 Å². The molecule has 0 heterocycles. The number of benzene rings is 1. The molecule has 4 heteroatoms. The maximum absolute atomic E-state index is 4.93. The van der Waals surface area contributed by atoms with Crippen LogP contribution in [0.25, 0.3) is 5.57 Å². The second-order valence-electron chi connectivity index (χ2n) is 14.0. The van der Waals surface area contributed by atoms with E-state index in [-0.39, 0.29) is 14.9 Å². The van der Waals surface area contributed by atoms with Crippen molar-refractivity contribution in [2.45, 2.75) is 158 Å². The van der Waals surface area contributed by atoms with Gasteiger partial charge in [-0.25, -0.2) is 0 Å². The van der Waals surface area contributed by atoms with E-state index in [9.17, 15) is 0 Å². The Labute approximate surface area is 333 Å². The third-order valence-corrected chi connectivity index (χ3v) is 16.3. The predicted molar refractivity (Wildman–Crippen MR) is 233 cm³/mol. The first-order chi connectivity index (χ1) is 23.2. The molecule has 0 spiro atoms. The second-order valence-corrected chi connectivity index (χ2v) is 22.6. The monoisotopic (exact) mass is 818 g/mol. The minimum atomic E-state index is -1.64. The van der Waals surface area contributed by atoms with Crippen LogP contribution in [-0.4, -0.2) is 8.07 Å². The van der Waals surface area contributed by atoms with Crippen LogP contribution in [-0.2, 0) is 27.3 Å². The van der Waals surface area contributed by atoms with Crippen LogP contribution in [0.1, 0.15) is 149 Å². The van der Waals surface area contributed by atoms with Gasteiger partial charge in [0.1, 0.15) is 0 Å². The second kappa shape index (κ2) is 26.4. The average molecular weight is 821 g/mol. The quantitative estimate of drug-likeness (QED) is 0.161. The zero-order valence-electron chi connectivity index (χ0n) is 35.2. The molecule has 1 aromatic carbocycles. The minimum absolute atomic E-state index is 0. The summed E-state index contributed by atoms with van der Waals surface area (Å²) in [5.41, 5.74) is 14.5. The molecule has 0 aromatic heterocycles. The van der Waals surface area contributed by atoms with E-state index in [1.165, 1.54) is 74.5 Å². The molecule has 2 unspecified atom stereocenters. The summed E-state index contributed by atoms with van der Waals surface area (Å²) in [6, 6.07) is 7.23. The fraction of sp³-hybridized carbons (Fsp3) is 0.609. The molecule has 284 valence electrons. The zero-order valence-corrected chi connectivity index (χ0v) is 40.1. The maximum atomic E-state index is 4.93. The van der Waals surface area contributed by atoms with Gasteiger partial charge in [-0.3, -0.25) is 0 Å². The van der Waals surface area contributed by atoms with E-state index >= 15 is 0 Å². The number of rotatable bonds is 4. The molecule has 5 aliphatic carbocycles. The predicted octanol–water partition coefficient (Wildman–Crippen LogP) is 16.7. The van der Waals surface area contributed by atoms with E-state index in [2.05, 4.69) is 76.5 Å². The Kier molecular flexibility index (Phi) is 27.3. The topological polar surface area (TPSA) is 0 Å². The summed E-state index contributed by atoms with van der Waals surface area (Å²) >= 11 is -0.826. The van der Waals surface area contributed by atoms with Crippen molar-refractivity contribution in [3.63, 3.8) is 0 Å². The first kappa shape index (κ1) is 51.7. The fourth-order valence-corrected chi connectivity index (χ4v) is 15.9. The Morgan fingerprint density at radius 2 is 1.32 bits per heavy atom. The Morgan fingerprint density at radius 1 is 0.740 bits per heavy atom. The Bertz CT molecular complexity index is 1240. The number of halogens is 2. The van der Waals surface area contributed by atoms with Gasteiger partial charge in [0.2, 0.25) is 0 Å². The van der Waals surface area contributed by atoms with Gasteiger partial charge in [-0.2, -0.15) is 0 Å². The summed E-state index contributed by atoms with van der Waals surface area (Å²) in [6.07, 6.45) is 20.0. The van der Waals surface area contributed by atoms with Crippen molar-refractivity contribution in [2.24, 2.45) is 23.7 Å². The molecular weight excluding hydrogens is 743 g/mol. The Hall–Kier alpha value is -0.400. The van der Waals surface area contributed by atoms with Gasteiger partial charge in [0.25, 0.3) is 0 Å². The standard InChI is InChI=1S/C36H48Si.4C2H6.2CH3.2ClH.Zr/c1-23-13-7-9-15-27(23)29-17-11-19-31-33(29)21-25(3)35(31)37(5,6)36-26(4)22-34-30(18-12-20-32(34)36)28-16-10-8-14-24(28)2;4*1-2;;;;;/h7,9,11,15,17,19,25-26,28,30,35-36H,1-2,8,10,12-14,16,18,20-22H2,3-6H3;4*1-2H3;2*1H3;2*1H;/q;;;;;2*-1;;;+4/p-2/t25?,26-,28-,30-,35-,36?;;;;;;;;;/m1........./s1. The van der Waals surface area contributed by atoms with E-state index in [4.69, 9.17) is 17.0 Å². The van der Waals surface area contributed by atoms with Crippen molar-refractivity contribution in [3.05, 3.63) is 103 Å². The van der Waals surface area contributed by atoms with Crippen LogP contribution >= 0.6 is 17.0 Å². The first-order valence-corrected chi connectivity index (χ1v) is 29.2. The molecule has 0 radical (unpaired) electrons. The van der Waals surface area contributed by atoms with Gasteiger partial charge in [-0.1, -0.05) is 155 Å². The summed E-state index contributed by atoms with van der Waals surface area (Å²) in [5, 5.41) is 0. The van der Waals surface area contributed by atoms with Crippen LogP contribution in [0.3, 0.4) is 0 Å². The Morgan fingerprint density at radius 3 is 1.90 bits per heavy atom. The van der Waals surface area contributed by atoms with Gasteiger partial charge in [-0.05, 0) is 120 Å². The third kappa shape index (κ3) is 11.8. The van der Waals surface area contributed by atoms with Crippen LogP contribution < -0.4 is 0 Å². The third-order valence-electron chi connectivity index (χ3n) is 11.3. The Balaban J connectivity index is 0. The number of hydrogen-bond donors (Lipinski definition) is 0. The summed E-state index contributed by atoms with van der Waals surface area (Å²) in [4.78, 5) is 0. The van der Waals surface area contributed by atoms with Crippen molar-refractivity contribution in [2.75, 3.05) is 0 Å². The van der Waals surface area contributed by atoms with E-state index in [0.717, 1.165) is 41.2 Å². The fourth-order valence-electron chi connectivity index (χ4n) is 10.1. The molecular formula is C46H78Cl2SiZr. The molecule has 0 nitrogen and oxygen atoms in total. The summed E-state index contributed by atoms with van der Waals surface area (Å²) in [6.45, 7) is 35.8. The van der Waals surface area contributed by atoms with Crippen molar-refractivity contribution in [1.29, 1.82) is 0 Å². The molecule has 0 amide bonds. The number of allylic oxidation sites excluding steroid dienone is 8. The van der Waals surface area contributed by atoms with Gasteiger partial charge < -0.3 is 14.9 Å². The molecule has 5 aliphatic rings. The number of fused-ring (bicyclic) bond motifs is 1. The molecule has 0 bridgehead atoms. The van der Waals surface area contributed by atoms with E-state index < -0.39 is 28.9 Å². The van der Waals surface area contributed by atoms with E-state index in [1.54, 1.807) is 16.7 Å².